The fourth-order valence-electron chi connectivity index (χ4n) is 0.705. The van der Waals surface area contributed by atoms with Crippen LogP contribution in [0.5, 0.6) is 0 Å². The predicted octanol–water partition coefficient (Wildman–Crippen LogP) is 1.69. The largest absolute Gasteiger partial charge is 0.462 e. The Morgan fingerprint density at radius 3 is 2.07 bits per heavy atom. The maximum Gasteiger partial charge on any atom is 0.331 e. The lowest BCUT2D eigenvalue weighted by molar-refractivity contribution is -0.143. The Labute approximate surface area is 90.2 Å². The Morgan fingerprint density at radius 2 is 1.60 bits per heavy atom. The van der Waals surface area contributed by atoms with Crippen LogP contribution in [0.1, 0.15) is 27.7 Å². The Kier molecular flexibility index (Phi) is 6.42. The summed E-state index contributed by atoms with van der Waals surface area (Å²) in [7, 11) is 0. The molecule has 0 N–H and O–H groups in total. The van der Waals surface area contributed by atoms with Crippen LogP contribution in [0.2, 0.25) is 0 Å². The average Bonchev–Trinajstić information content (AvgIpc) is 2.10. The highest BCUT2D eigenvalue weighted by atomic mass is 16.5. The molecular formula is C11H18O4. The van der Waals surface area contributed by atoms with E-state index in [0.29, 0.717) is 6.61 Å². The summed E-state index contributed by atoms with van der Waals surface area (Å²) < 4.78 is 9.62. The van der Waals surface area contributed by atoms with Gasteiger partial charge in [-0.2, -0.15) is 0 Å². The van der Waals surface area contributed by atoms with Gasteiger partial charge in [-0.25, -0.2) is 9.59 Å². The fourth-order valence-corrected chi connectivity index (χ4v) is 0.705. The second-order valence-electron chi connectivity index (χ2n) is 3.84. The standard InChI is InChI=1S/C11H18O4/c1-8(2)7-14-10(12)5-6-11(13)15-9(3)4/h5-6,8-9H,7H2,1-4H3/b6-5-. The van der Waals surface area contributed by atoms with Crippen molar-refractivity contribution in [3.63, 3.8) is 0 Å². The van der Waals surface area contributed by atoms with E-state index < -0.39 is 11.9 Å². The maximum absolute atomic E-state index is 11.0. The van der Waals surface area contributed by atoms with Gasteiger partial charge in [-0.15, -0.1) is 0 Å². The zero-order chi connectivity index (χ0) is 11.8. The first-order valence-electron chi connectivity index (χ1n) is 4.97. The average molecular weight is 214 g/mol. The molecule has 86 valence electrons. The van der Waals surface area contributed by atoms with Gasteiger partial charge < -0.3 is 9.47 Å². The van der Waals surface area contributed by atoms with Crippen molar-refractivity contribution in [2.75, 3.05) is 6.61 Å². The highest BCUT2D eigenvalue weighted by molar-refractivity contribution is 5.91. The molecule has 4 heteroatoms. The van der Waals surface area contributed by atoms with Crippen LogP contribution in [-0.4, -0.2) is 24.6 Å². The number of ether oxygens (including phenoxy) is 2. The Balaban J connectivity index is 3.85. The zero-order valence-corrected chi connectivity index (χ0v) is 9.65. The normalized spacial score (nSPS) is 11.1. The summed E-state index contributed by atoms with van der Waals surface area (Å²) in [6, 6.07) is 0. The van der Waals surface area contributed by atoms with Crippen molar-refractivity contribution in [2.24, 2.45) is 5.92 Å². The molecule has 0 saturated carbocycles. The minimum Gasteiger partial charge on any atom is -0.462 e. The molecule has 0 heterocycles. The van der Waals surface area contributed by atoms with Crippen LogP contribution in [0.4, 0.5) is 0 Å². The van der Waals surface area contributed by atoms with Gasteiger partial charge in [0.05, 0.1) is 12.7 Å². The number of carbonyl (C=O) groups excluding carboxylic acids is 2. The molecule has 0 aliphatic rings. The van der Waals surface area contributed by atoms with Gasteiger partial charge in [0.15, 0.2) is 0 Å². The van der Waals surface area contributed by atoms with E-state index >= 15 is 0 Å². The highest BCUT2D eigenvalue weighted by Crippen LogP contribution is 1.95. The van der Waals surface area contributed by atoms with E-state index in [1.807, 2.05) is 13.8 Å². The summed E-state index contributed by atoms with van der Waals surface area (Å²) in [6.07, 6.45) is 1.96. The third-order valence-electron chi connectivity index (χ3n) is 1.27. The van der Waals surface area contributed by atoms with Crippen LogP contribution >= 0.6 is 0 Å². The molecule has 0 aromatic heterocycles. The van der Waals surface area contributed by atoms with Crippen LogP contribution < -0.4 is 0 Å². The molecule has 4 nitrogen and oxygen atoms in total. The van der Waals surface area contributed by atoms with Crippen molar-refractivity contribution >= 4 is 11.9 Å². The molecule has 0 atom stereocenters. The van der Waals surface area contributed by atoms with Crippen molar-refractivity contribution in [1.29, 1.82) is 0 Å². The fraction of sp³-hybridized carbons (Fsp3) is 0.636. The summed E-state index contributed by atoms with van der Waals surface area (Å²) in [5, 5.41) is 0. The molecule has 0 aliphatic carbocycles. The van der Waals surface area contributed by atoms with Crippen molar-refractivity contribution in [3.05, 3.63) is 12.2 Å². The highest BCUT2D eigenvalue weighted by Gasteiger charge is 2.03. The monoisotopic (exact) mass is 214 g/mol. The van der Waals surface area contributed by atoms with Gasteiger partial charge in [-0.1, -0.05) is 13.8 Å². The van der Waals surface area contributed by atoms with Crippen molar-refractivity contribution in [3.8, 4) is 0 Å². The number of esters is 2. The number of hydrogen-bond acceptors (Lipinski definition) is 4. The molecule has 15 heavy (non-hydrogen) atoms. The first kappa shape index (κ1) is 13.7. The second-order valence-corrected chi connectivity index (χ2v) is 3.84. The lowest BCUT2D eigenvalue weighted by Gasteiger charge is -2.05. The van der Waals surface area contributed by atoms with Crippen molar-refractivity contribution in [1.82, 2.24) is 0 Å². The SMILES string of the molecule is CC(C)COC(=O)/C=C\C(=O)OC(C)C. The third kappa shape index (κ3) is 9.00. The Bertz CT molecular complexity index is 241. The van der Waals surface area contributed by atoms with Gasteiger partial charge in [-0.3, -0.25) is 0 Å². The molecule has 0 spiro atoms. The second kappa shape index (κ2) is 7.04. The van der Waals surface area contributed by atoms with Gasteiger partial charge in [-0.05, 0) is 19.8 Å². The molecule has 0 amide bonds. The quantitative estimate of drug-likeness (QED) is 0.516. The van der Waals surface area contributed by atoms with E-state index in [1.165, 1.54) is 0 Å². The molecule has 0 aromatic rings. The van der Waals surface area contributed by atoms with Gasteiger partial charge in [0.2, 0.25) is 0 Å². The van der Waals surface area contributed by atoms with Crippen LogP contribution in [0, 0.1) is 5.92 Å². The minimum absolute atomic E-state index is 0.186. The van der Waals surface area contributed by atoms with Crippen molar-refractivity contribution in [2.45, 2.75) is 33.8 Å². The summed E-state index contributed by atoms with van der Waals surface area (Å²) >= 11 is 0. The van der Waals surface area contributed by atoms with E-state index in [4.69, 9.17) is 9.47 Å². The molecule has 0 unspecified atom stereocenters. The molecule has 0 bridgehead atoms. The smallest absolute Gasteiger partial charge is 0.331 e. The summed E-state index contributed by atoms with van der Waals surface area (Å²) in [5.41, 5.74) is 0. The van der Waals surface area contributed by atoms with E-state index in [0.717, 1.165) is 12.2 Å². The van der Waals surface area contributed by atoms with Gasteiger partial charge in [0, 0.05) is 12.2 Å². The van der Waals surface area contributed by atoms with E-state index in [9.17, 15) is 9.59 Å². The summed E-state index contributed by atoms with van der Waals surface area (Å²) in [5.74, 6) is -0.777. The molecule has 0 saturated heterocycles. The van der Waals surface area contributed by atoms with Crippen LogP contribution in [0.15, 0.2) is 12.2 Å². The summed E-state index contributed by atoms with van der Waals surface area (Å²) in [4.78, 5) is 22.0. The van der Waals surface area contributed by atoms with E-state index in [2.05, 4.69) is 0 Å². The van der Waals surface area contributed by atoms with E-state index in [1.54, 1.807) is 13.8 Å². The maximum atomic E-state index is 11.0. The molecule has 0 aromatic carbocycles. The third-order valence-corrected chi connectivity index (χ3v) is 1.27. The molecular weight excluding hydrogens is 196 g/mol. The minimum atomic E-state index is -0.536. The van der Waals surface area contributed by atoms with Crippen LogP contribution in [0.3, 0.4) is 0 Å². The molecule has 0 radical (unpaired) electrons. The van der Waals surface area contributed by atoms with E-state index in [-0.39, 0.29) is 12.0 Å². The number of hydrogen-bond donors (Lipinski definition) is 0. The molecule has 0 fully saturated rings. The van der Waals surface area contributed by atoms with Gasteiger partial charge >= 0.3 is 11.9 Å². The Morgan fingerprint density at radius 1 is 1.07 bits per heavy atom. The number of rotatable bonds is 5. The van der Waals surface area contributed by atoms with Gasteiger partial charge in [0.1, 0.15) is 0 Å². The lowest BCUT2D eigenvalue weighted by Crippen LogP contribution is -2.10. The lowest BCUT2D eigenvalue weighted by atomic mass is 10.2. The topological polar surface area (TPSA) is 52.6 Å². The first-order valence-corrected chi connectivity index (χ1v) is 4.97. The van der Waals surface area contributed by atoms with Crippen LogP contribution in [-0.2, 0) is 19.1 Å². The Hall–Kier alpha value is -1.32. The summed E-state index contributed by atoms with van der Waals surface area (Å²) in [6.45, 7) is 7.70. The van der Waals surface area contributed by atoms with Gasteiger partial charge in [0.25, 0.3) is 0 Å². The number of carbonyl (C=O) groups is 2. The van der Waals surface area contributed by atoms with Crippen LogP contribution in [0.25, 0.3) is 0 Å². The predicted molar refractivity (Wildman–Crippen MR) is 56.2 cm³/mol. The zero-order valence-electron chi connectivity index (χ0n) is 9.65. The molecule has 0 aliphatic heterocycles. The molecule has 0 rings (SSSR count). The van der Waals surface area contributed by atoms with Crippen molar-refractivity contribution < 1.29 is 19.1 Å². The first-order chi connectivity index (χ1) is 6.91.